The zero-order valence-corrected chi connectivity index (χ0v) is 18.5. The van der Waals surface area contributed by atoms with Gasteiger partial charge >= 0.3 is 0 Å². The second-order valence-electron chi connectivity index (χ2n) is 8.71. The summed E-state index contributed by atoms with van der Waals surface area (Å²) in [5.41, 5.74) is 0.749. The lowest BCUT2D eigenvalue weighted by atomic mass is 9.78. The fraction of sp³-hybridized carbons (Fsp3) is 0.609. The molecular formula is C23H31N3O2S. The Morgan fingerprint density at radius 1 is 1.14 bits per heavy atom. The van der Waals surface area contributed by atoms with Crippen LogP contribution < -0.4 is 5.56 Å². The van der Waals surface area contributed by atoms with Gasteiger partial charge < -0.3 is 4.90 Å². The minimum absolute atomic E-state index is 0.0323. The van der Waals surface area contributed by atoms with Gasteiger partial charge in [-0.25, -0.2) is 4.98 Å². The summed E-state index contributed by atoms with van der Waals surface area (Å²) in [4.78, 5) is 33.2. The van der Waals surface area contributed by atoms with Gasteiger partial charge in [-0.2, -0.15) is 0 Å². The van der Waals surface area contributed by atoms with E-state index in [2.05, 4.69) is 13.8 Å². The van der Waals surface area contributed by atoms with Crippen LogP contribution in [0, 0.1) is 11.8 Å². The van der Waals surface area contributed by atoms with Crippen molar-refractivity contribution >= 4 is 28.6 Å². The van der Waals surface area contributed by atoms with Crippen molar-refractivity contribution in [1.82, 2.24) is 14.5 Å². The van der Waals surface area contributed by atoms with E-state index in [1.165, 1.54) is 18.2 Å². The number of likely N-dealkylation sites (tertiary alicyclic amines) is 1. The summed E-state index contributed by atoms with van der Waals surface area (Å²) in [5.74, 6) is 1.15. The summed E-state index contributed by atoms with van der Waals surface area (Å²) < 4.78 is 1.92. The predicted octanol–water partition coefficient (Wildman–Crippen LogP) is 4.50. The van der Waals surface area contributed by atoms with E-state index in [9.17, 15) is 9.59 Å². The van der Waals surface area contributed by atoms with Crippen LogP contribution in [0.1, 0.15) is 58.9 Å². The molecule has 0 spiro atoms. The van der Waals surface area contributed by atoms with Crippen molar-refractivity contribution in [3.05, 3.63) is 34.6 Å². The van der Waals surface area contributed by atoms with Gasteiger partial charge in [0.2, 0.25) is 5.91 Å². The van der Waals surface area contributed by atoms with Crippen molar-refractivity contribution in [3.63, 3.8) is 0 Å². The van der Waals surface area contributed by atoms with E-state index in [1.54, 1.807) is 0 Å². The zero-order valence-electron chi connectivity index (χ0n) is 17.6. The second kappa shape index (κ2) is 8.50. The molecule has 1 saturated heterocycles. The Bertz CT molecular complexity index is 951. The normalized spacial score (nSPS) is 26.0. The minimum atomic E-state index is -0.247. The van der Waals surface area contributed by atoms with Gasteiger partial charge in [0.05, 0.1) is 16.2 Å². The van der Waals surface area contributed by atoms with Crippen molar-refractivity contribution < 1.29 is 4.79 Å². The number of carbonyl (C=O) groups excluding carboxylic acids is 1. The number of benzene rings is 1. The van der Waals surface area contributed by atoms with E-state index in [1.807, 2.05) is 40.7 Å². The van der Waals surface area contributed by atoms with E-state index in [4.69, 9.17) is 4.98 Å². The van der Waals surface area contributed by atoms with Crippen molar-refractivity contribution in [2.24, 2.45) is 11.8 Å². The molecule has 1 saturated carbocycles. The lowest BCUT2D eigenvalue weighted by Gasteiger charge is -2.36. The number of thioether (sulfide) groups is 1. The van der Waals surface area contributed by atoms with Gasteiger partial charge in [0.1, 0.15) is 0 Å². The van der Waals surface area contributed by atoms with E-state index in [0.717, 1.165) is 38.8 Å². The summed E-state index contributed by atoms with van der Waals surface area (Å²) >= 11 is 1.45. The number of hydrogen-bond acceptors (Lipinski definition) is 4. The molecular weight excluding hydrogens is 382 g/mol. The van der Waals surface area contributed by atoms with Crippen LogP contribution >= 0.6 is 11.8 Å². The van der Waals surface area contributed by atoms with Crippen molar-refractivity contribution in [1.29, 1.82) is 0 Å². The van der Waals surface area contributed by atoms with Gasteiger partial charge in [0, 0.05) is 19.1 Å². The summed E-state index contributed by atoms with van der Waals surface area (Å²) in [7, 11) is 0. The van der Waals surface area contributed by atoms with Crippen LogP contribution in [0.5, 0.6) is 0 Å². The maximum absolute atomic E-state index is 13.5. The van der Waals surface area contributed by atoms with Crippen LogP contribution in [0.2, 0.25) is 0 Å². The summed E-state index contributed by atoms with van der Waals surface area (Å²) in [6.45, 7) is 8.17. The summed E-state index contributed by atoms with van der Waals surface area (Å²) in [5, 5.41) is 1.12. The Labute approximate surface area is 176 Å². The standard InChI is InChI=1S/C23H31N3O2S/c1-15-9-8-12-20(16(15)2)26-22(28)18-10-4-5-11-19(18)24-23(26)29-17(3)21(27)25-13-6-7-14-25/h4-5,10-11,15-17,20H,6-9,12-14H2,1-3H3/t15-,16-,17+,20-/m1/s1. The molecule has 6 heteroatoms. The molecule has 4 rings (SSSR count). The molecule has 5 nitrogen and oxygen atoms in total. The average molecular weight is 414 g/mol. The Morgan fingerprint density at radius 3 is 2.62 bits per heavy atom. The topological polar surface area (TPSA) is 55.2 Å². The van der Waals surface area contributed by atoms with Crippen LogP contribution in [0.25, 0.3) is 10.9 Å². The Balaban J connectivity index is 1.75. The fourth-order valence-electron chi connectivity index (χ4n) is 4.82. The average Bonchev–Trinajstić information content (AvgIpc) is 3.25. The molecule has 1 aliphatic carbocycles. The summed E-state index contributed by atoms with van der Waals surface area (Å²) in [6.07, 6.45) is 5.49. The van der Waals surface area contributed by atoms with Crippen LogP contribution in [0.3, 0.4) is 0 Å². The molecule has 1 amide bonds. The monoisotopic (exact) mass is 413 g/mol. The maximum atomic E-state index is 13.5. The first-order chi connectivity index (χ1) is 14.0. The SMILES string of the molecule is C[C@@H]1[C@H](C)CCC[C@H]1n1c(S[C@@H](C)C(=O)N2CCCC2)nc2ccccc2c1=O. The molecule has 0 N–H and O–H groups in total. The Hall–Kier alpha value is -1.82. The predicted molar refractivity (Wildman–Crippen MR) is 118 cm³/mol. The maximum Gasteiger partial charge on any atom is 0.262 e. The number of amides is 1. The smallest absolute Gasteiger partial charge is 0.262 e. The molecule has 29 heavy (non-hydrogen) atoms. The van der Waals surface area contributed by atoms with Gasteiger partial charge in [-0.3, -0.25) is 14.2 Å². The highest BCUT2D eigenvalue weighted by atomic mass is 32.2. The third-order valence-corrected chi connectivity index (χ3v) is 7.87. The van der Waals surface area contributed by atoms with E-state index < -0.39 is 0 Å². The second-order valence-corrected chi connectivity index (χ2v) is 10.0. The van der Waals surface area contributed by atoms with Gasteiger partial charge in [-0.1, -0.05) is 50.6 Å². The third-order valence-electron chi connectivity index (χ3n) is 6.82. The van der Waals surface area contributed by atoms with Gasteiger partial charge in [-0.15, -0.1) is 0 Å². The lowest BCUT2D eigenvalue weighted by Crippen LogP contribution is -2.37. The van der Waals surface area contributed by atoms with Crippen LogP contribution in [0.15, 0.2) is 34.2 Å². The zero-order chi connectivity index (χ0) is 20.5. The number of carbonyl (C=O) groups is 1. The number of rotatable bonds is 4. The number of nitrogens with zero attached hydrogens (tertiary/aromatic N) is 3. The molecule has 2 fully saturated rings. The highest BCUT2D eigenvalue weighted by Gasteiger charge is 2.33. The van der Waals surface area contributed by atoms with Crippen molar-refractivity contribution in [2.75, 3.05) is 13.1 Å². The summed E-state index contributed by atoms with van der Waals surface area (Å²) in [6, 6.07) is 7.71. The largest absolute Gasteiger partial charge is 0.342 e. The molecule has 0 unspecified atom stereocenters. The van der Waals surface area contributed by atoms with Crippen LogP contribution in [0.4, 0.5) is 0 Å². The Kier molecular flexibility index (Phi) is 6.00. The van der Waals surface area contributed by atoms with E-state index >= 15 is 0 Å². The molecule has 4 atom stereocenters. The first kappa shape index (κ1) is 20.5. The Morgan fingerprint density at radius 2 is 1.86 bits per heavy atom. The molecule has 0 bridgehead atoms. The first-order valence-corrected chi connectivity index (χ1v) is 11.8. The van der Waals surface area contributed by atoms with Crippen molar-refractivity contribution in [2.45, 2.75) is 69.3 Å². The number of para-hydroxylation sites is 1. The van der Waals surface area contributed by atoms with Crippen molar-refractivity contribution in [3.8, 4) is 0 Å². The molecule has 2 aromatic rings. The van der Waals surface area contributed by atoms with Gasteiger partial charge in [0.25, 0.3) is 5.56 Å². The molecule has 0 radical (unpaired) electrons. The van der Waals surface area contributed by atoms with Crippen LogP contribution in [-0.2, 0) is 4.79 Å². The number of aromatic nitrogens is 2. The fourth-order valence-corrected chi connectivity index (χ4v) is 5.87. The minimum Gasteiger partial charge on any atom is -0.342 e. The van der Waals surface area contributed by atoms with E-state index in [0.29, 0.717) is 27.9 Å². The van der Waals surface area contributed by atoms with E-state index in [-0.39, 0.29) is 22.8 Å². The molecule has 2 aliphatic rings. The molecule has 1 aliphatic heterocycles. The lowest BCUT2D eigenvalue weighted by molar-refractivity contribution is -0.129. The quantitative estimate of drug-likeness (QED) is 0.547. The molecule has 2 heterocycles. The van der Waals surface area contributed by atoms with Gasteiger partial charge in [0.15, 0.2) is 5.16 Å². The number of hydrogen-bond donors (Lipinski definition) is 0. The van der Waals surface area contributed by atoms with Gasteiger partial charge in [-0.05, 0) is 50.2 Å². The molecule has 1 aromatic carbocycles. The highest BCUT2D eigenvalue weighted by molar-refractivity contribution is 8.00. The third kappa shape index (κ3) is 3.96. The van der Waals surface area contributed by atoms with Crippen LogP contribution in [-0.4, -0.2) is 38.7 Å². The molecule has 156 valence electrons. The highest BCUT2D eigenvalue weighted by Crippen LogP contribution is 2.39. The first-order valence-electron chi connectivity index (χ1n) is 10.9. The molecule has 1 aromatic heterocycles. The number of fused-ring (bicyclic) bond motifs is 1.